The lowest BCUT2D eigenvalue weighted by molar-refractivity contribution is -0.119. The summed E-state index contributed by atoms with van der Waals surface area (Å²) in [6.45, 7) is 0.913. The van der Waals surface area contributed by atoms with E-state index in [1.807, 2.05) is 83.8 Å². The third kappa shape index (κ3) is 6.10. The number of aromatic hydroxyl groups is 1. The second-order valence-corrected chi connectivity index (χ2v) is 14.1. The number of alkyl halides is 2. The van der Waals surface area contributed by atoms with Crippen molar-refractivity contribution < 1.29 is 14.7 Å². The predicted molar refractivity (Wildman–Crippen MR) is 213 cm³/mol. The molecule has 260 valence electrons. The Bertz CT molecular complexity index is 2300. The molecule has 0 fully saturated rings. The highest BCUT2D eigenvalue weighted by Gasteiger charge is 2.36. The first-order valence-electron chi connectivity index (χ1n) is 17.7. The number of hydrogen-bond acceptors (Lipinski definition) is 4. The zero-order chi connectivity index (χ0) is 35.8. The average Bonchev–Trinajstić information content (AvgIpc) is 3.76. The van der Waals surface area contributed by atoms with E-state index in [1.54, 1.807) is 11.0 Å². The second kappa shape index (κ2) is 14.5. The summed E-state index contributed by atoms with van der Waals surface area (Å²) in [6.07, 6.45) is 0.780. The first-order chi connectivity index (χ1) is 25.5. The van der Waals surface area contributed by atoms with Crippen LogP contribution in [0, 0.1) is 0 Å². The molecule has 2 amide bonds. The number of carbonyl (C=O) groups is 2. The van der Waals surface area contributed by atoms with Crippen molar-refractivity contribution in [1.82, 2.24) is 0 Å². The number of fused-ring (bicyclic) bond motifs is 6. The summed E-state index contributed by atoms with van der Waals surface area (Å²) < 4.78 is 0. The smallest absolute Gasteiger partial charge is 0.227 e. The molecule has 6 aromatic rings. The van der Waals surface area contributed by atoms with E-state index in [0.717, 1.165) is 60.9 Å². The molecule has 0 unspecified atom stereocenters. The summed E-state index contributed by atoms with van der Waals surface area (Å²) >= 11 is 13.0. The minimum absolute atomic E-state index is 0.0380. The molecule has 2 aliphatic heterocycles. The number of halogens is 2. The largest absolute Gasteiger partial charge is 0.507 e. The summed E-state index contributed by atoms with van der Waals surface area (Å²) in [5.74, 6) is 0.644. The lowest BCUT2D eigenvalue weighted by Gasteiger charge is -2.20. The van der Waals surface area contributed by atoms with Crippen LogP contribution in [0.5, 0.6) is 5.75 Å². The van der Waals surface area contributed by atoms with E-state index in [-0.39, 0.29) is 42.2 Å². The number of nitrogens with zero attached hydrogens (tertiary/aromatic N) is 3. The number of phenols is 1. The summed E-state index contributed by atoms with van der Waals surface area (Å²) in [5, 5.41) is 14.5. The van der Waals surface area contributed by atoms with Crippen molar-refractivity contribution in [2.24, 2.45) is 4.99 Å². The molecule has 2 atom stereocenters. The lowest BCUT2D eigenvalue weighted by Crippen LogP contribution is -2.32. The summed E-state index contributed by atoms with van der Waals surface area (Å²) in [7, 11) is 0. The summed E-state index contributed by atoms with van der Waals surface area (Å²) in [4.78, 5) is 36.6. The Morgan fingerprint density at radius 3 is 1.58 bits per heavy atom. The average molecular weight is 727 g/mol. The van der Waals surface area contributed by atoms with E-state index in [9.17, 15) is 14.7 Å². The van der Waals surface area contributed by atoms with Gasteiger partial charge < -0.3 is 14.9 Å². The molecular weight excluding hydrogens is 689 g/mol. The van der Waals surface area contributed by atoms with Crippen LogP contribution >= 0.6 is 23.2 Å². The molecule has 6 nitrogen and oxygen atoms in total. The summed E-state index contributed by atoms with van der Waals surface area (Å²) in [5.41, 5.74) is 7.17. The fourth-order valence-corrected chi connectivity index (χ4v) is 8.44. The van der Waals surface area contributed by atoms with Gasteiger partial charge in [0, 0.05) is 83.2 Å². The van der Waals surface area contributed by atoms with Gasteiger partial charge in [-0.1, -0.05) is 109 Å². The van der Waals surface area contributed by atoms with Gasteiger partial charge in [-0.2, -0.15) is 0 Å². The van der Waals surface area contributed by atoms with Gasteiger partial charge in [-0.05, 0) is 34.4 Å². The van der Waals surface area contributed by atoms with E-state index in [4.69, 9.17) is 28.2 Å². The maximum atomic E-state index is 14.0. The Morgan fingerprint density at radius 2 is 1.06 bits per heavy atom. The van der Waals surface area contributed by atoms with Crippen LogP contribution in [0.25, 0.3) is 21.5 Å². The number of anilines is 2. The van der Waals surface area contributed by atoms with Crippen LogP contribution in [0.1, 0.15) is 53.4 Å². The van der Waals surface area contributed by atoms with Crippen molar-refractivity contribution >= 4 is 79.3 Å². The van der Waals surface area contributed by atoms with Crippen LogP contribution in [-0.4, -0.2) is 47.5 Å². The zero-order valence-corrected chi connectivity index (χ0v) is 30.0. The third-order valence-corrected chi connectivity index (χ3v) is 11.1. The fourth-order valence-electron chi connectivity index (χ4n) is 7.94. The SMILES string of the molecule is O=C(CCCC(=O)N1C[C@H](CCl)c2c1cc(N=C(c1ccccc1)c1ccccc1)c1ccccc21)N1C[C@H](CCl)c2c1cc(O)c1ccccc21. The Kier molecular flexibility index (Phi) is 9.43. The van der Waals surface area contributed by atoms with Gasteiger partial charge in [-0.15, -0.1) is 23.2 Å². The molecule has 0 saturated heterocycles. The van der Waals surface area contributed by atoms with Crippen molar-refractivity contribution in [3.8, 4) is 5.75 Å². The Labute approximate surface area is 312 Å². The van der Waals surface area contributed by atoms with Crippen LogP contribution in [0.2, 0.25) is 0 Å². The summed E-state index contributed by atoms with van der Waals surface area (Å²) in [6, 6.07) is 39.8. The lowest BCUT2D eigenvalue weighted by atomic mass is 9.94. The highest BCUT2D eigenvalue weighted by atomic mass is 35.5. The van der Waals surface area contributed by atoms with E-state index < -0.39 is 0 Å². The van der Waals surface area contributed by atoms with E-state index >= 15 is 0 Å². The highest BCUT2D eigenvalue weighted by molar-refractivity contribution is 6.20. The highest BCUT2D eigenvalue weighted by Crippen LogP contribution is 2.47. The third-order valence-electron chi connectivity index (χ3n) is 10.4. The maximum absolute atomic E-state index is 14.0. The molecule has 8 heteroatoms. The topological polar surface area (TPSA) is 73.2 Å². The predicted octanol–water partition coefficient (Wildman–Crippen LogP) is 10.1. The number of amides is 2. The van der Waals surface area contributed by atoms with E-state index in [1.165, 1.54) is 0 Å². The van der Waals surface area contributed by atoms with E-state index in [2.05, 4.69) is 36.4 Å². The van der Waals surface area contributed by atoms with Crippen LogP contribution < -0.4 is 9.80 Å². The van der Waals surface area contributed by atoms with Gasteiger partial charge in [0.1, 0.15) is 5.75 Å². The molecule has 0 aliphatic carbocycles. The minimum Gasteiger partial charge on any atom is -0.507 e. The Balaban J connectivity index is 1.08. The van der Waals surface area contributed by atoms with E-state index in [0.29, 0.717) is 37.0 Å². The molecule has 0 radical (unpaired) electrons. The zero-order valence-electron chi connectivity index (χ0n) is 28.5. The maximum Gasteiger partial charge on any atom is 0.227 e. The van der Waals surface area contributed by atoms with Crippen LogP contribution in [0.15, 0.2) is 126 Å². The van der Waals surface area contributed by atoms with Crippen molar-refractivity contribution in [1.29, 1.82) is 0 Å². The van der Waals surface area contributed by atoms with Crippen molar-refractivity contribution in [2.75, 3.05) is 34.6 Å². The molecule has 0 aromatic heterocycles. The molecule has 6 aromatic carbocycles. The monoisotopic (exact) mass is 725 g/mol. The van der Waals surface area contributed by atoms with Gasteiger partial charge in [0.25, 0.3) is 0 Å². The number of hydrogen-bond donors (Lipinski definition) is 1. The van der Waals surface area contributed by atoms with Gasteiger partial charge in [0.2, 0.25) is 11.8 Å². The fraction of sp³-hybridized carbons (Fsp3) is 0.205. The second-order valence-electron chi connectivity index (χ2n) is 13.5. The first kappa shape index (κ1) is 33.9. The molecule has 0 saturated carbocycles. The van der Waals surface area contributed by atoms with Gasteiger partial charge in [0.15, 0.2) is 0 Å². The normalized spacial score (nSPS) is 16.3. The van der Waals surface area contributed by atoms with Crippen molar-refractivity contribution in [3.63, 3.8) is 0 Å². The molecule has 0 bridgehead atoms. The number of phenolic OH excluding ortho intramolecular Hbond substituents is 1. The molecule has 8 rings (SSSR count). The van der Waals surface area contributed by atoms with Crippen molar-refractivity contribution in [3.05, 3.63) is 144 Å². The molecule has 2 heterocycles. The molecule has 52 heavy (non-hydrogen) atoms. The minimum atomic E-state index is -0.0891. The van der Waals surface area contributed by atoms with Gasteiger partial charge in [-0.25, -0.2) is 4.99 Å². The number of rotatable bonds is 9. The Hall–Kier alpha value is -5.17. The number of aliphatic imine (C=N–C) groups is 1. The quantitative estimate of drug-likeness (QED) is 0.119. The molecule has 2 aliphatic rings. The first-order valence-corrected chi connectivity index (χ1v) is 18.8. The van der Waals surface area contributed by atoms with Crippen molar-refractivity contribution in [2.45, 2.75) is 31.1 Å². The standard InChI is InChI=1S/C44H37Cl2N3O3/c45-24-30-26-48(40(51)20-11-21-41(52)49-27-31(25-46)43-35-19-10-8-17-33(35)39(50)23-38(43)49)37-22-36(32-16-7-9-18-34(32)42(30)37)47-44(28-12-3-1-4-13-28)29-14-5-2-6-15-29/h1-10,12-19,22-23,30-31,50H,11,20-21,24-27H2/t30-,31-/m0/s1. The Morgan fingerprint density at radius 1 is 0.615 bits per heavy atom. The molecule has 0 spiro atoms. The molecular formula is C44H37Cl2N3O3. The van der Waals surface area contributed by atoms with Gasteiger partial charge in [0.05, 0.1) is 17.1 Å². The van der Waals surface area contributed by atoms with Crippen LogP contribution in [0.4, 0.5) is 17.1 Å². The number of carbonyl (C=O) groups excluding carboxylic acids is 2. The molecule has 1 N–H and O–H groups in total. The van der Waals surface area contributed by atoms with Gasteiger partial charge in [-0.3, -0.25) is 9.59 Å². The van der Waals surface area contributed by atoms with Gasteiger partial charge >= 0.3 is 0 Å². The van der Waals surface area contributed by atoms with Crippen LogP contribution in [-0.2, 0) is 9.59 Å². The number of benzene rings is 6. The van der Waals surface area contributed by atoms with Crippen LogP contribution in [0.3, 0.4) is 0 Å².